The van der Waals surface area contributed by atoms with Crippen LogP contribution in [0.4, 0.5) is 4.39 Å². The Morgan fingerprint density at radius 3 is 2.59 bits per heavy atom. The molecule has 0 aromatic heterocycles. The number of sulfonamides is 1. The fraction of sp³-hybridized carbons (Fsp3) is 0.533. The average molecular weight is 331 g/mol. The minimum atomic E-state index is -3.51. The van der Waals surface area contributed by atoms with Gasteiger partial charge in [-0.3, -0.25) is 4.79 Å². The molecule has 0 aliphatic heterocycles. The molecule has 0 amide bonds. The van der Waals surface area contributed by atoms with Gasteiger partial charge in [0.05, 0.1) is 5.75 Å². The molecule has 0 bridgehead atoms. The molecule has 5 nitrogen and oxygen atoms in total. The Kier molecular flexibility index (Phi) is 6.96. The van der Waals surface area contributed by atoms with Crippen molar-refractivity contribution in [1.29, 1.82) is 0 Å². The van der Waals surface area contributed by atoms with Crippen molar-refractivity contribution in [3.8, 4) is 0 Å². The van der Waals surface area contributed by atoms with Gasteiger partial charge in [0, 0.05) is 19.0 Å². The van der Waals surface area contributed by atoms with E-state index in [1.54, 1.807) is 26.0 Å². The van der Waals surface area contributed by atoms with E-state index in [9.17, 15) is 17.6 Å². The summed E-state index contributed by atoms with van der Waals surface area (Å²) < 4.78 is 39.2. The lowest BCUT2D eigenvalue weighted by Crippen LogP contribution is -2.39. The van der Waals surface area contributed by atoms with Gasteiger partial charge in [0.15, 0.2) is 0 Å². The summed E-state index contributed by atoms with van der Waals surface area (Å²) in [6.45, 7) is 3.68. The molecule has 0 saturated carbocycles. The SMILES string of the molecule is CC(C)N(CCCC(=O)O)S(=O)(=O)CCc1cccc(F)c1. The summed E-state index contributed by atoms with van der Waals surface area (Å²) in [6, 6.07) is 5.61. The zero-order chi connectivity index (χ0) is 16.8. The van der Waals surface area contributed by atoms with E-state index in [2.05, 4.69) is 0 Å². The van der Waals surface area contributed by atoms with Crippen LogP contribution >= 0.6 is 0 Å². The number of halogens is 1. The molecule has 124 valence electrons. The van der Waals surface area contributed by atoms with Crippen molar-refractivity contribution in [3.63, 3.8) is 0 Å². The molecule has 0 fully saturated rings. The van der Waals surface area contributed by atoms with Gasteiger partial charge in [0.1, 0.15) is 5.82 Å². The maximum atomic E-state index is 13.1. The molecule has 7 heteroatoms. The van der Waals surface area contributed by atoms with Gasteiger partial charge < -0.3 is 5.11 Å². The standard InChI is InChI=1S/C15H22FNO4S/c1-12(2)17(9-4-7-15(18)19)22(20,21)10-8-13-5-3-6-14(16)11-13/h3,5-6,11-12H,4,7-10H2,1-2H3,(H,18,19). The number of carboxylic acid groups (broad SMARTS) is 1. The highest BCUT2D eigenvalue weighted by molar-refractivity contribution is 7.89. The third-order valence-corrected chi connectivity index (χ3v) is 5.28. The second kappa shape index (κ2) is 8.24. The molecular weight excluding hydrogens is 309 g/mol. The third-order valence-electron chi connectivity index (χ3n) is 3.24. The van der Waals surface area contributed by atoms with E-state index in [0.29, 0.717) is 5.56 Å². The van der Waals surface area contributed by atoms with Crippen LogP contribution in [0.1, 0.15) is 32.3 Å². The Hall–Kier alpha value is -1.47. The summed E-state index contributed by atoms with van der Waals surface area (Å²) >= 11 is 0. The van der Waals surface area contributed by atoms with Gasteiger partial charge in [-0.25, -0.2) is 12.8 Å². The van der Waals surface area contributed by atoms with Crippen LogP contribution in [0, 0.1) is 5.82 Å². The molecule has 22 heavy (non-hydrogen) atoms. The highest BCUT2D eigenvalue weighted by atomic mass is 32.2. The van der Waals surface area contributed by atoms with E-state index >= 15 is 0 Å². The molecule has 1 aromatic carbocycles. The smallest absolute Gasteiger partial charge is 0.303 e. The van der Waals surface area contributed by atoms with E-state index in [1.165, 1.54) is 16.4 Å². The fourth-order valence-corrected chi connectivity index (χ4v) is 3.94. The molecule has 0 saturated heterocycles. The van der Waals surface area contributed by atoms with Gasteiger partial charge in [-0.15, -0.1) is 0 Å². The molecule has 0 radical (unpaired) electrons. The monoisotopic (exact) mass is 331 g/mol. The lowest BCUT2D eigenvalue weighted by atomic mass is 10.2. The topological polar surface area (TPSA) is 74.7 Å². The molecule has 0 atom stereocenters. The molecule has 1 N–H and O–H groups in total. The molecule has 0 spiro atoms. The maximum absolute atomic E-state index is 13.1. The number of nitrogens with zero attached hydrogens (tertiary/aromatic N) is 1. The van der Waals surface area contributed by atoms with Crippen molar-refractivity contribution in [1.82, 2.24) is 4.31 Å². The number of aliphatic carboxylic acids is 1. The fourth-order valence-electron chi connectivity index (χ4n) is 2.16. The first kappa shape index (κ1) is 18.6. The van der Waals surface area contributed by atoms with Gasteiger partial charge in [-0.2, -0.15) is 4.31 Å². The van der Waals surface area contributed by atoms with Crippen molar-refractivity contribution in [3.05, 3.63) is 35.6 Å². The second-order valence-electron chi connectivity index (χ2n) is 5.40. The number of aryl methyl sites for hydroxylation is 1. The van der Waals surface area contributed by atoms with E-state index in [1.807, 2.05) is 0 Å². The number of benzene rings is 1. The Labute approximate surface area is 130 Å². The zero-order valence-electron chi connectivity index (χ0n) is 12.8. The first-order valence-corrected chi connectivity index (χ1v) is 8.79. The van der Waals surface area contributed by atoms with Crippen LogP contribution in [0.5, 0.6) is 0 Å². The van der Waals surface area contributed by atoms with E-state index < -0.39 is 21.8 Å². The molecule has 0 unspecified atom stereocenters. The van der Waals surface area contributed by atoms with Gasteiger partial charge in [-0.05, 0) is 44.4 Å². The summed E-state index contributed by atoms with van der Waals surface area (Å²) in [5.41, 5.74) is 0.623. The Morgan fingerprint density at radius 2 is 2.05 bits per heavy atom. The predicted octanol–water partition coefficient (Wildman–Crippen LogP) is 2.27. The Morgan fingerprint density at radius 1 is 1.36 bits per heavy atom. The number of rotatable bonds is 9. The van der Waals surface area contributed by atoms with Gasteiger partial charge >= 0.3 is 5.97 Å². The summed E-state index contributed by atoms with van der Waals surface area (Å²) in [7, 11) is -3.51. The van der Waals surface area contributed by atoms with Gasteiger partial charge in [-0.1, -0.05) is 12.1 Å². The number of carbonyl (C=O) groups is 1. The van der Waals surface area contributed by atoms with Crippen molar-refractivity contribution in [2.75, 3.05) is 12.3 Å². The molecule has 1 rings (SSSR count). The van der Waals surface area contributed by atoms with Crippen LogP contribution in [0.3, 0.4) is 0 Å². The van der Waals surface area contributed by atoms with E-state index in [0.717, 1.165) is 0 Å². The average Bonchev–Trinajstić information content (AvgIpc) is 2.40. The van der Waals surface area contributed by atoms with Crippen LogP contribution in [0.15, 0.2) is 24.3 Å². The first-order chi connectivity index (χ1) is 10.2. The number of carboxylic acids is 1. The lowest BCUT2D eigenvalue weighted by Gasteiger charge is -2.25. The van der Waals surface area contributed by atoms with Crippen molar-refractivity contribution >= 4 is 16.0 Å². The highest BCUT2D eigenvalue weighted by Crippen LogP contribution is 2.13. The van der Waals surface area contributed by atoms with Crippen molar-refractivity contribution in [2.45, 2.75) is 39.2 Å². The minimum Gasteiger partial charge on any atom is -0.481 e. The first-order valence-electron chi connectivity index (χ1n) is 7.18. The van der Waals surface area contributed by atoms with Gasteiger partial charge in [0.2, 0.25) is 10.0 Å². The molecule has 0 aliphatic rings. The third kappa shape index (κ3) is 6.11. The van der Waals surface area contributed by atoms with Crippen molar-refractivity contribution in [2.24, 2.45) is 0 Å². The van der Waals surface area contributed by atoms with Crippen LogP contribution < -0.4 is 0 Å². The Balaban J connectivity index is 2.69. The second-order valence-corrected chi connectivity index (χ2v) is 7.44. The highest BCUT2D eigenvalue weighted by Gasteiger charge is 2.24. The zero-order valence-corrected chi connectivity index (χ0v) is 13.6. The van der Waals surface area contributed by atoms with Gasteiger partial charge in [0.25, 0.3) is 0 Å². The maximum Gasteiger partial charge on any atom is 0.303 e. The van der Waals surface area contributed by atoms with E-state index in [4.69, 9.17) is 5.11 Å². The van der Waals surface area contributed by atoms with Crippen LogP contribution in [-0.4, -0.2) is 42.1 Å². The summed E-state index contributed by atoms with van der Waals surface area (Å²) in [4.78, 5) is 10.5. The van der Waals surface area contributed by atoms with Crippen molar-refractivity contribution < 1.29 is 22.7 Å². The minimum absolute atomic E-state index is 0.0668. The lowest BCUT2D eigenvalue weighted by molar-refractivity contribution is -0.137. The molecular formula is C15H22FNO4S. The summed E-state index contributed by atoms with van der Waals surface area (Å²) in [5, 5.41) is 8.64. The number of hydrogen-bond acceptors (Lipinski definition) is 3. The summed E-state index contributed by atoms with van der Waals surface area (Å²) in [6.07, 6.45) is 0.428. The van der Waals surface area contributed by atoms with Crippen LogP contribution in [-0.2, 0) is 21.2 Å². The quantitative estimate of drug-likeness (QED) is 0.753. The largest absolute Gasteiger partial charge is 0.481 e. The molecule has 1 aromatic rings. The van der Waals surface area contributed by atoms with Crippen LogP contribution in [0.2, 0.25) is 0 Å². The van der Waals surface area contributed by atoms with Crippen LogP contribution in [0.25, 0.3) is 0 Å². The normalized spacial score (nSPS) is 12.0. The van der Waals surface area contributed by atoms with E-state index in [-0.39, 0.29) is 37.6 Å². The Bertz CT molecular complexity index is 601. The summed E-state index contributed by atoms with van der Waals surface area (Å²) in [5.74, 6) is -1.46. The molecule has 0 heterocycles. The molecule has 0 aliphatic carbocycles. The number of hydrogen-bond donors (Lipinski definition) is 1. The predicted molar refractivity (Wildman–Crippen MR) is 82.6 cm³/mol.